The molecule has 0 unspecified atom stereocenters. The van der Waals surface area contributed by atoms with Crippen LogP contribution in [0.5, 0.6) is 5.75 Å². The SMILES string of the molecule is O=C(Cc1nncs1)N1CCN(C(=O)c2ccc(OCc3cccc(F)c3)cc2)CC1. The molecule has 0 atom stereocenters. The van der Waals surface area contributed by atoms with Crippen LogP contribution in [-0.2, 0) is 17.8 Å². The summed E-state index contributed by atoms with van der Waals surface area (Å²) in [7, 11) is 0. The zero-order valence-electron chi connectivity index (χ0n) is 16.7. The number of hydrogen-bond acceptors (Lipinski definition) is 6. The van der Waals surface area contributed by atoms with E-state index < -0.39 is 0 Å². The highest BCUT2D eigenvalue weighted by molar-refractivity contribution is 7.09. The van der Waals surface area contributed by atoms with Gasteiger partial charge in [0.05, 0.1) is 6.42 Å². The van der Waals surface area contributed by atoms with E-state index >= 15 is 0 Å². The van der Waals surface area contributed by atoms with Gasteiger partial charge in [-0.25, -0.2) is 4.39 Å². The van der Waals surface area contributed by atoms with Gasteiger partial charge in [-0.3, -0.25) is 9.59 Å². The monoisotopic (exact) mass is 440 g/mol. The van der Waals surface area contributed by atoms with Gasteiger partial charge in [-0.15, -0.1) is 21.5 Å². The molecule has 160 valence electrons. The molecule has 1 aliphatic rings. The van der Waals surface area contributed by atoms with E-state index in [1.165, 1.54) is 23.5 Å². The fourth-order valence-corrected chi connectivity index (χ4v) is 3.86. The molecule has 1 aliphatic heterocycles. The van der Waals surface area contributed by atoms with Gasteiger partial charge in [0.2, 0.25) is 5.91 Å². The molecule has 9 heteroatoms. The second-order valence-corrected chi connectivity index (χ2v) is 8.04. The third-order valence-corrected chi connectivity index (χ3v) is 5.72. The predicted octanol–water partition coefficient (Wildman–Crippen LogP) is 2.78. The van der Waals surface area contributed by atoms with Crippen LogP contribution >= 0.6 is 11.3 Å². The van der Waals surface area contributed by atoms with Crippen LogP contribution in [0, 0.1) is 5.82 Å². The van der Waals surface area contributed by atoms with Crippen molar-refractivity contribution in [2.45, 2.75) is 13.0 Å². The van der Waals surface area contributed by atoms with Crippen LogP contribution in [0.3, 0.4) is 0 Å². The van der Waals surface area contributed by atoms with E-state index in [2.05, 4.69) is 10.2 Å². The number of ether oxygens (including phenoxy) is 1. The number of hydrogen-bond donors (Lipinski definition) is 0. The van der Waals surface area contributed by atoms with Crippen molar-refractivity contribution < 1.29 is 18.7 Å². The van der Waals surface area contributed by atoms with E-state index in [0.717, 1.165) is 5.56 Å². The molecule has 7 nitrogen and oxygen atoms in total. The number of benzene rings is 2. The molecular formula is C22H21FN4O3S. The van der Waals surface area contributed by atoms with Gasteiger partial charge in [-0.05, 0) is 42.0 Å². The molecule has 31 heavy (non-hydrogen) atoms. The van der Waals surface area contributed by atoms with Crippen molar-refractivity contribution >= 4 is 23.2 Å². The van der Waals surface area contributed by atoms with E-state index in [0.29, 0.717) is 42.5 Å². The summed E-state index contributed by atoms with van der Waals surface area (Å²) < 4.78 is 18.9. The summed E-state index contributed by atoms with van der Waals surface area (Å²) in [5.41, 5.74) is 2.90. The van der Waals surface area contributed by atoms with Crippen molar-refractivity contribution in [2.24, 2.45) is 0 Å². The van der Waals surface area contributed by atoms with Crippen LogP contribution in [0.4, 0.5) is 4.39 Å². The van der Waals surface area contributed by atoms with Crippen LogP contribution < -0.4 is 4.74 Å². The van der Waals surface area contributed by atoms with Gasteiger partial charge in [0.15, 0.2) is 0 Å². The first-order chi connectivity index (χ1) is 15.1. The summed E-state index contributed by atoms with van der Waals surface area (Å²) in [6.45, 7) is 2.21. The van der Waals surface area contributed by atoms with Crippen LogP contribution in [0.2, 0.25) is 0 Å². The molecule has 2 aromatic carbocycles. The third-order valence-electron chi connectivity index (χ3n) is 5.02. The van der Waals surface area contributed by atoms with Gasteiger partial charge >= 0.3 is 0 Å². The van der Waals surface area contributed by atoms with Crippen LogP contribution in [0.1, 0.15) is 20.9 Å². The maximum absolute atomic E-state index is 13.2. The number of piperazine rings is 1. The van der Waals surface area contributed by atoms with Crippen molar-refractivity contribution in [1.82, 2.24) is 20.0 Å². The van der Waals surface area contributed by atoms with Crippen molar-refractivity contribution in [3.63, 3.8) is 0 Å². The molecule has 0 aliphatic carbocycles. The molecule has 1 fully saturated rings. The smallest absolute Gasteiger partial charge is 0.253 e. The van der Waals surface area contributed by atoms with Gasteiger partial charge in [-0.2, -0.15) is 0 Å². The molecule has 1 aromatic heterocycles. The lowest BCUT2D eigenvalue weighted by atomic mass is 10.1. The topological polar surface area (TPSA) is 75.6 Å². The standard InChI is InChI=1S/C22H21FN4O3S/c23-18-3-1-2-16(12-18)14-30-19-6-4-17(5-7-19)22(29)27-10-8-26(9-11-27)21(28)13-20-25-24-15-31-20/h1-7,12,15H,8-11,13-14H2. The van der Waals surface area contributed by atoms with E-state index in [1.807, 2.05) is 0 Å². The average Bonchev–Trinajstić information content (AvgIpc) is 3.31. The fourth-order valence-electron chi connectivity index (χ4n) is 3.34. The summed E-state index contributed by atoms with van der Waals surface area (Å²) >= 11 is 1.36. The first kappa shape index (κ1) is 20.9. The van der Waals surface area contributed by atoms with Crippen molar-refractivity contribution in [3.8, 4) is 5.75 Å². The highest BCUT2D eigenvalue weighted by atomic mass is 32.1. The number of carbonyl (C=O) groups is 2. The third kappa shape index (κ3) is 5.43. The molecule has 0 spiro atoms. The average molecular weight is 441 g/mol. The lowest BCUT2D eigenvalue weighted by Crippen LogP contribution is -2.51. The zero-order chi connectivity index (χ0) is 21.6. The molecule has 2 heterocycles. The van der Waals surface area contributed by atoms with Crippen molar-refractivity contribution in [1.29, 1.82) is 0 Å². The maximum Gasteiger partial charge on any atom is 0.253 e. The number of halogens is 1. The Morgan fingerprint density at radius 1 is 1.03 bits per heavy atom. The highest BCUT2D eigenvalue weighted by Gasteiger charge is 2.25. The molecule has 0 bridgehead atoms. The zero-order valence-corrected chi connectivity index (χ0v) is 17.6. The lowest BCUT2D eigenvalue weighted by molar-refractivity contribution is -0.131. The van der Waals surface area contributed by atoms with Crippen molar-refractivity contribution in [3.05, 3.63) is 76.0 Å². The Balaban J connectivity index is 1.27. The Kier molecular flexibility index (Phi) is 6.51. The molecule has 3 aromatic rings. The maximum atomic E-state index is 13.2. The number of nitrogens with zero attached hydrogens (tertiary/aromatic N) is 4. The van der Waals surface area contributed by atoms with E-state index in [9.17, 15) is 14.0 Å². The minimum Gasteiger partial charge on any atom is -0.489 e. The highest BCUT2D eigenvalue weighted by Crippen LogP contribution is 2.17. The second-order valence-electron chi connectivity index (χ2n) is 7.13. The summed E-state index contributed by atoms with van der Waals surface area (Å²) in [5.74, 6) is 0.230. The summed E-state index contributed by atoms with van der Waals surface area (Å²) in [6.07, 6.45) is 0.246. The van der Waals surface area contributed by atoms with Crippen molar-refractivity contribution in [2.75, 3.05) is 26.2 Å². The molecular weight excluding hydrogens is 419 g/mol. The van der Waals surface area contributed by atoms with E-state index in [4.69, 9.17) is 4.74 Å². The second kappa shape index (κ2) is 9.65. The van der Waals surface area contributed by atoms with Gasteiger partial charge in [0, 0.05) is 31.7 Å². The van der Waals surface area contributed by atoms with E-state index in [-0.39, 0.29) is 30.7 Å². The summed E-state index contributed by atoms with van der Waals surface area (Å²) in [6, 6.07) is 13.1. The lowest BCUT2D eigenvalue weighted by Gasteiger charge is -2.34. The Labute approximate surface area is 183 Å². The minimum absolute atomic E-state index is 0.00338. The Hall–Kier alpha value is -3.33. The Morgan fingerprint density at radius 3 is 2.45 bits per heavy atom. The predicted molar refractivity (Wildman–Crippen MR) is 113 cm³/mol. The van der Waals surface area contributed by atoms with Crippen LogP contribution in [-0.4, -0.2) is 58.0 Å². The van der Waals surface area contributed by atoms with Gasteiger partial charge in [0.1, 0.15) is 28.7 Å². The molecule has 0 N–H and O–H groups in total. The molecule has 1 saturated heterocycles. The Morgan fingerprint density at radius 2 is 1.77 bits per heavy atom. The van der Waals surface area contributed by atoms with Gasteiger partial charge < -0.3 is 14.5 Å². The van der Waals surface area contributed by atoms with Gasteiger partial charge in [-0.1, -0.05) is 12.1 Å². The normalized spacial score (nSPS) is 13.8. The van der Waals surface area contributed by atoms with Crippen LogP contribution in [0.25, 0.3) is 0 Å². The van der Waals surface area contributed by atoms with Gasteiger partial charge in [0.25, 0.3) is 5.91 Å². The number of amides is 2. The Bertz CT molecular complexity index is 1040. The molecule has 2 amide bonds. The summed E-state index contributed by atoms with van der Waals surface area (Å²) in [5, 5.41) is 8.35. The summed E-state index contributed by atoms with van der Waals surface area (Å²) in [4.78, 5) is 28.6. The fraction of sp³-hybridized carbons (Fsp3) is 0.273. The molecule has 0 saturated carbocycles. The minimum atomic E-state index is -0.302. The number of carbonyl (C=O) groups excluding carboxylic acids is 2. The number of rotatable bonds is 6. The molecule has 4 rings (SSSR count). The number of aromatic nitrogens is 2. The van der Waals surface area contributed by atoms with Crippen LogP contribution in [0.15, 0.2) is 54.0 Å². The first-order valence-corrected chi connectivity index (χ1v) is 10.8. The largest absolute Gasteiger partial charge is 0.489 e. The first-order valence-electron chi connectivity index (χ1n) is 9.88. The van der Waals surface area contributed by atoms with E-state index in [1.54, 1.807) is 51.7 Å². The molecule has 0 radical (unpaired) electrons. The quantitative estimate of drug-likeness (QED) is 0.589.